The van der Waals surface area contributed by atoms with Gasteiger partial charge >= 0.3 is 5.69 Å². The summed E-state index contributed by atoms with van der Waals surface area (Å²) in [7, 11) is 0. The second-order valence-electron chi connectivity index (χ2n) is 7.62. The van der Waals surface area contributed by atoms with Crippen molar-refractivity contribution in [2.24, 2.45) is 0 Å². The number of imidazole rings is 1. The van der Waals surface area contributed by atoms with Gasteiger partial charge in [0.1, 0.15) is 12.4 Å². The Morgan fingerprint density at radius 2 is 1.76 bits per heavy atom. The molecule has 0 aliphatic heterocycles. The van der Waals surface area contributed by atoms with Crippen LogP contribution in [0.1, 0.15) is 55.6 Å². The van der Waals surface area contributed by atoms with Gasteiger partial charge in [0.25, 0.3) is 5.56 Å². The first-order valence-electron chi connectivity index (χ1n) is 10.3. The van der Waals surface area contributed by atoms with Crippen molar-refractivity contribution in [2.75, 3.05) is 0 Å². The third-order valence-corrected chi connectivity index (χ3v) is 5.35. The van der Waals surface area contributed by atoms with Gasteiger partial charge in [-0.05, 0) is 37.8 Å². The first-order valence-corrected chi connectivity index (χ1v) is 10.3. The molecule has 3 aromatic rings. The van der Waals surface area contributed by atoms with E-state index in [4.69, 9.17) is 0 Å². The molecule has 0 amide bonds. The second-order valence-corrected chi connectivity index (χ2v) is 7.62. The number of hydrogen-bond acceptors (Lipinski definition) is 4. The molecule has 2 aromatic heterocycles. The summed E-state index contributed by atoms with van der Waals surface area (Å²) < 4.78 is 4.67. The minimum Gasteiger partial charge on any atom is -0.388 e. The van der Waals surface area contributed by atoms with Gasteiger partial charge in [-0.2, -0.15) is 0 Å². The van der Waals surface area contributed by atoms with Crippen LogP contribution in [-0.2, 0) is 26.2 Å². The van der Waals surface area contributed by atoms with Crippen molar-refractivity contribution >= 4 is 11.2 Å². The quantitative estimate of drug-likeness (QED) is 0.633. The zero-order valence-electron chi connectivity index (χ0n) is 17.7. The summed E-state index contributed by atoms with van der Waals surface area (Å²) in [6.45, 7) is 9.06. The molecule has 0 spiro atoms. The number of aliphatic hydroxyl groups excluding tert-OH is 1. The minimum atomic E-state index is -0.348. The van der Waals surface area contributed by atoms with E-state index in [1.54, 1.807) is 9.13 Å². The molecule has 0 atom stereocenters. The molecule has 0 aliphatic rings. The highest BCUT2D eigenvalue weighted by Crippen LogP contribution is 2.15. The molecule has 0 radical (unpaired) electrons. The second kappa shape index (κ2) is 8.78. The molecular weight excluding hydrogens is 368 g/mol. The Balaban J connectivity index is 2.31. The van der Waals surface area contributed by atoms with E-state index in [1.165, 1.54) is 4.57 Å². The number of fused-ring (bicyclic) bond motifs is 1. The van der Waals surface area contributed by atoms with Crippen molar-refractivity contribution in [3.63, 3.8) is 0 Å². The molecule has 1 aromatic carbocycles. The number of benzene rings is 1. The van der Waals surface area contributed by atoms with E-state index in [0.717, 1.165) is 36.0 Å². The molecule has 2 heterocycles. The zero-order chi connectivity index (χ0) is 21.1. The number of hydrogen-bond donors (Lipinski definition) is 1. The van der Waals surface area contributed by atoms with Crippen molar-refractivity contribution in [2.45, 2.75) is 73.2 Å². The number of nitrogens with zero attached hydrogens (tertiary/aromatic N) is 4. The summed E-state index contributed by atoms with van der Waals surface area (Å²) in [6.07, 6.45) is 2.53. The van der Waals surface area contributed by atoms with Crippen LogP contribution in [0.25, 0.3) is 11.2 Å². The van der Waals surface area contributed by atoms with Gasteiger partial charge in [0, 0.05) is 13.1 Å². The van der Waals surface area contributed by atoms with E-state index in [9.17, 15) is 14.7 Å². The normalized spacial score (nSPS) is 11.5. The standard InChI is InChI=1S/C22H30N4O3/c1-5-7-11-25-20-19(24(10-6-2)18(14-27)23-20)21(28)26(22(25)29)13-17-12-15(3)8-9-16(17)4/h8-9,12,27H,5-7,10-11,13-14H2,1-4H3. The summed E-state index contributed by atoms with van der Waals surface area (Å²) in [5.74, 6) is 0.424. The third kappa shape index (κ3) is 3.92. The molecule has 7 heteroatoms. The van der Waals surface area contributed by atoms with Crippen LogP contribution in [0.15, 0.2) is 27.8 Å². The molecule has 0 fully saturated rings. The molecule has 3 rings (SSSR count). The first kappa shape index (κ1) is 21.0. The van der Waals surface area contributed by atoms with Crippen molar-refractivity contribution < 1.29 is 5.11 Å². The Morgan fingerprint density at radius 1 is 1.00 bits per heavy atom. The molecule has 0 saturated heterocycles. The van der Waals surface area contributed by atoms with Gasteiger partial charge in [-0.15, -0.1) is 0 Å². The first-order chi connectivity index (χ1) is 13.9. The van der Waals surface area contributed by atoms with Crippen LogP contribution in [-0.4, -0.2) is 23.8 Å². The van der Waals surface area contributed by atoms with Gasteiger partial charge in [0.2, 0.25) is 0 Å². The summed E-state index contributed by atoms with van der Waals surface area (Å²) >= 11 is 0. The smallest absolute Gasteiger partial charge is 0.333 e. The number of aliphatic hydroxyl groups is 1. The molecule has 7 nitrogen and oxygen atoms in total. The van der Waals surface area contributed by atoms with Crippen LogP contribution in [0.5, 0.6) is 0 Å². The molecule has 1 N–H and O–H groups in total. The Hall–Kier alpha value is -2.67. The van der Waals surface area contributed by atoms with E-state index >= 15 is 0 Å². The van der Waals surface area contributed by atoms with Gasteiger partial charge in [-0.1, -0.05) is 44.0 Å². The molecule has 29 heavy (non-hydrogen) atoms. The Bertz CT molecular complexity index is 1140. The van der Waals surface area contributed by atoms with Crippen LogP contribution in [0.2, 0.25) is 0 Å². The SMILES string of the molecule is CCCCn1c(=O)n(Cc2cc(C)ccc2C)c(=O)c2c1nc(CO)n2CCC. The average Bonchev–Trinajstić information content (AvgIpc) is 3.06. The fourth-order valence-electron chi connectivity index (χ4n) is 3.72. The van der Waals surface area contributed by atoms with Crippen LogP contribution < -0.4 is 11.2 Å². The third-order valence-electron chi connectivity index (χ3n) is 5.35. The predicted molar refractivity (Wildman–Crippen MR) is 114 cm³/mol. The fourth-order valence-corrected chi connectivity index (χ4v) is 3.72. The topological polar surface area (TPSA) is 82.1 Å². The maximum absolute atomic E-state index is 13.4. The Kier molecular flexibility index (Phi) is 6.37. The van der Waals surface area contributed by atoms with Crippen molar-refractivity contribution in [3.8, 4) is 0 Å². The minimum absolute atomic E-state index is 0.221. The van der Waals surface area contributed by atoms with Gasteiger partial charge in [-0.3, -0.25) is 13.9 Å². The highest BCUT2D eigenvalue weighted by molar-refractivity contribution is 5.71. The zero-order valence-corrected chi connectivity index (χ0v) is 17.7. The van der Waals surface area contributed by atoms with Crippen LogP contribution in [0, 0.1) is 13.8 Å². The van der Waals surface area contributed by atoms with Crippen molar-refractivity contribution in [3.05, 3.63) is 61.6 Å². The van der Waals surface area contributed by atoms with Crippen LogP contribution in [0.3, 0.4) is 0 Å². The van der Waals surface area contributed by atoms with Gasteiger partial charge in [-0.25, -0.2) is 9.78 Å². The van der Waals surface area contributed by atoms with Gasteiger partial charge in [0.05, 0.1) is 6.54 Å². The monoisotopic (exact) mass is 398 g/mol. The molecule has 0 aliphatic carbocycles. The van der Waals surface area contributed by atoms with Gasteiger partial charge < -0.3 is 9.67 Å². The lowest BCUT2D eigenvalue weighted by molar-refractivity contribution is 0.265. The van der Waals surface area contributed by atoms with Crippen molar-refractivity contribution in [1.82, 2.24) is 18.7 Å². The molecule has 0 saturated carbocycles. The summed E-state index contributed by atoms with van der Waals surface area (Å²) in [5.41, 5.74) is 3.17. The van der Waals surface area contributed by atoms with E-state index in [1.807, 2.05) is 39.0 Å². The molecular formula is C22H30N4O3. The lowest BCUT2D eigenvalue weighted by Crippen LogP contribution is -2.41. The van der Waals surface area contributed by atoms with E-state index < -0.39 is 0 Å². The maximum atomic E-state index is 13.4. The number of rotatable bonds is 8. The predicted octanol–water partition coefficient (Wildman–Crippen LogP) is 2.73. The number of unbranched alkanes of at least 4 members (excludes halogenated alkanes) is 1. The summed E-state index contributed by atoms with van der Waals surface area (Å²) in [4.78, 5) is 31.2. The highest BCUT2D eigenvalue weighted by atomic mass is 16.3. The van der Waals surface area contributed by atoms with E-state index in [2.05, 4.69) is 11.9 Å². The van der Waals surface area contributed by atoms with E-state index in [-0.39, 0.29) is 24.4 Å². The summed E-state index contributed by atoms with van der Waals surface area (Å²) in [5, 5.41) is 9.77. The highest BCUT2D eigenvalue weighted by Gasteiger charge is 2.21. The molecule has 0 unspecified atom stereocenters. The lowest BCUT2D eigenvalue weighted by atomic mass is 10.1. The number of aryl methyl sites for hydroxylation is 4. The number of aromatic nitrogens is 4. The lowest BCUT2D eigenvalue weighted by Gasteiger charge is -2.14. The van der Waals surface area contributed by atoms with Crippen molar-refractivity contribution in [1.29, 1.82) is 0 Å². The summed E-state index contributed by atoms with van der Waals surface area (Å²) in [6, 6.07) is 6.05. The fraction of sp³-hybridized carbons (Fsp3) is 0.500. The maximum Gasteiger partial charge on any atom is 0.333 e. The van der Waals surface area contributed by atoms with Crippen LogP contribution in [0.4, 0.5) is 0 Å². The van der Waals surface area contributed by atoms with E-state index in [0.29, 0.717) is 30.1 Å². The molecule has 156 valence electrons. The van der Waals surface area contributed by atoms with Gasteiger partial charge in [0.15, 0.2) is 11.2 Å². The Morgan fingerprint density at radius 3 is 2.41 bits per heavy atom. The van der Waals surface area contributed by atoms with Crippen LogP contribution >= 0.6 is 0 Å². The Labute approximate surface area is 170 Å². The largest absolute Gasteiger partial charge is 0.388 e. The average molecular weight is 399 g/mol. The molecule has 0 bridgehead atoms.